The molecule has 14 heavy (non-hydrogen) atoms. The van der Waals surface area contributed by atoms with E-state index in [1.54, 1.807) is 6.92 Å². The van der Waals surface area contributed by atoms with Crippen LogP contribution in [0.3, 0.4) is 0 Å². The molecular formula is C9H11FN2O2. The normalized spacial score (nSPS) is 12.2. The SMILES string of the molecule is CC(N)c1cc(NC(=O)O)ccc1F. The lowest BCUT2D eigenvalue weighted by Gasteiger charge is -2.09. The first kappa shape index (κ1) is 10.5. The predicted molar refractivity (Wildman–Crippen MR) is 50.6 cm³/mol. The molecule has 0 bridgehead atoms. The maximum absolute atomic E-state index is 13.1. The standard InChI is InChI=1S/C9H11FN2O2/c1-5(11)7-4-6(12-9(13)14)2-3-8(7)10/h2-5,12H,11H2,1H3,(H,13,14). The van der Waals surface area contributed by atoms with E-state index < -0.39 is 18.0 Å². The van der Waals surface area contributed by atoms with Crippen LogP contribution in [0.25, 0.3) is 0 Å². The molecule has 1 amide bonds. The summed E-state index contributed by atoms with van der Waals surface area (Å²) in [5.41, 5.74) is 6.10. The summed E-state index contributed by atoms with van der Waals surface area (Å²) in [6.45, 7) is 1.63. The largest absolute Gasteiger partial charge is 0.465 e. The molecule has 4 nitrogen and oxygen atoms in total. The molecule has 0 aliphatic rings. The van der Waals surface area contributed by atoms with Gasteiger partial charge in [-0.1, -0.05) is 0 Å². The number of rotatable bonds is 2. The first-order valence-electron chi connectivity index (χ1n) is 4.05. The maximum Gasteiger partial charge on any atom is 0.409 e. The minimum atomic E-state index is -1.19. The van der Waals surface area contributed by atoms with Crippen LogP contribution in [0, 0.1) is 5.82 Å². The quantitative estimate of drug-likeness (QED) is 0.679. The van der Waals surface area contributed by atoms with Gasteiger partial charge in [0.25, 0.3) is 0 Å². The summed E-state index contributed by atoms with van der Waals surface area (Å²) in [6, 6.07) is 3.44. The van der Waals surface area contributed by atoms with Gasteiger partial charge in [-0.15, -0.1) is 0 Å². The van der Waals surface area contributed by atoms with Gasteiger partial charge in [-0.2, -0.15) is 0 Å². The Morgan fingerprint density at radius 2 is 2.29 bits per heavy atom. The fourth-order valence-electron chi connectivity index (χ4n) is 1.09. The second-order valence-corrected chi connectivity index (χ2v) is 2.96. The Morgan fingerprint density at radius 3 is 2.79 bits per heavy atom. The molecule has 4 N–H and O–H groups in total. The third kappa shape index (κ3) is 2.43. The van der Waals surface area contributed by atoms with Crippen LogP contribution in [0.15, 0.2) is 18.2 Å². The molecule has 0 aliphatic carbocycles. The lowest BCUT2D eigenvalue weighted by molar-refractivity contribution is 0.209. The summed E-state index contributed by atoms with van der Waals surface area (Å²) in [6.07, 6.45) is -1.19. The van der Waals surface area contributed by atoms with Crippen molar-refractivity contribution in [1.29, 1.82) is 0 Å². The van der Waals surface area contributed by atoms with E-state index in [0.29, 0.717) is 5.69 Å². The molecule has 1 unspecified atom stereocenters. The van der Waals surface area contributed by atoms with Gasteiger partial charge in [0.05, 0.1) is 0 Å². The molecular weight excluding hydrogens is 187 g/mol. The highest BCUT2D eigenvalue weighted by Crippen LogP contribution is 2.19. The summed E-state index contributed by atoms with van der Waals surface area (Å²) in [4.78, 5) is 10.3. The minimum Gasteiger partial charge on any atom is -0.465 e. The Labute approximate surface area is 80.5 Å². The molecule has 76 valence electrons. The topological polar surface area (TPSA) is 75.3 Å². The van der Waals surface area contributed by atoms with Crippen LogP contribution in [0.2, 0.25) is 0 Å². The van der Waals surface area contributed by atoms with Crippen LogP contribution in [-0.4, -0.2) is 11.2 Å². The Bertz CT molecular complexity index is 353. The van der Waals surface area contributed by atoms with E-state index in [1.807, 2.05) is 0 Å². The number of hydrogen-bond acceptors (Lipinski definition) is 2. The van der Waals surface area contributed by atoms with E-state index in [9.17, 15) is 9.18 Å². The van der Waals surface area contributed by atoms with Crippen molar-refractivity contribution in [3.05, 3.63) is 29.6 Å². The number of amides is 1. The first-order chi connectivity index (χ1) is 6.50. The summed E-state index contributed by atoms with van der Waals surface area (Å²) in [5, 5.41) is 10.6. The zero-order valence-electron chi connectivity index (χ0n) is 7.62. The number of anilines is 1. The molecule has 1 atom stereocenters. The van der Waals surface area contributed by atoms with Crippen molar-refractivity contribution in [2.45, 2.75) is 13.0 Å². The number of halogens is 1. The number of hydrogen-bond donors (Lipinski definition) is 3. The highest BCUT2D eigenvalue weighted by molar-refractivity contribution is 5.82. The number of carbonyl (C=O) groups is 1. The molecule has 1 aromatic rings. The monoisotopic (exact) mass is 198 g/mol. The first-order valence-corrected chi connectivity index (χ1v) is 4.05. The van der Waals surface area contributed by atoms with Gasteiger partial charge in [0.1, 0.15) is 5.82 Å². The molecule has 5 heteroatoms. The van der Waals surface area contributed by atoms with Crippen LogP contribution in [0.1, 0.15) is 18.5 Å². The van der Waals surface area contributed by atoms with E-state index in [1.165, 1.54) is 18.2 Å². The minimum absolute atomic E-state index is 0.288. The fourth-order valence-corrected chi connectivity index (χ4v) is 1.09. The number of carboxylic acid groups (broad SMARTS) is 1. The molecule has 0 saturated heterocycles. The third-order valence-electron chi connectivity index (χ3n) is 1.74. The molecule has 0 aliphatic heterocycles. The second-order valence-electron chi connectivity index (χ2n) is 2.96. The molecule has 0 aromatic heterocycles. The van der Waals surface area contributed by atoms with E-state index in [2.05, 4.69) is 5.32 Å². The van der Waals surface area contributed by atoms with Gasteiger partial charge in [-0.3, -0.25) is 5.32 Å². The van der Waals surface area contributed by atoms with Crippen molar-refractivity contribution in [2.24, 2.45) is 5.73 Å². The maximum atomic E-state index is 13.1. The lowest BCUT2D eigenvalue weighted by atomic mass is 10.1. The Morgan fingerprint density at radius 1 is 1.64 bits per heavy atom. The Balaban J connectivity index is 3.00. The van der Waals surface area contributed by atoms with Gasteiger partial charge in [-0.25, -0.2) is 9.18 Å². The van der Waals surface area contributed by atoms with Crippen molar-refractivity contribution in [3.8, 4) is 0 Å². The fraction of sp³-hybridized carbons (Fsp3) is 0.222. The molecule has 0 saturated carbocycles. The summed E-state index contributed by atoms with van der Waals surface area (Å²) < 4.78 is 13.1. The molecule has 0 heterocycles. The van der Waals surface area contributed by atoms with Crippen LogP contribution in [-0.2, 0) is 0 Å². The third-order valence-corrected chi connectivity index (χ3v) is 1.74. The zero-order valence-corrected chi connectivity index (χ0v) is 7.62. The van der Waals surface area contributed by atoms with Gasteiger partial charge in [-0.05, 0) is 25.1 Å². The van der Waals surface area contributed by atoms with Crippen LogP contribution < -0.4 is 11.1 Å². The van der Waals surface area contributed by atoms with Crippen LogP contribution >= 0.6 is 0 Å². The zero-order chi connectivity index (χ0) is 10.7. The molecule has 1 aromatic carbocycles. The summed E-state index contributed by atoms with van der Waals surface area (Å²) in [5.74, 6) is -0.434. The van der Waals surface area contributed by atoms with Gasteiger partial charge < -0.3 is 10.8 Å². The van der Waals surface area contributed by atoms with Gasteiger partial charge in [0, 0.05) is 17.3 Å². The van der Waals surface area contributed by atoms with Gasteiger partial charge in [0.15, 0.2) is 0 Å². The van der Waals surface area contributed by atoms with Crippen LogP contribution in [0.5, 0.6) is 0 Å². The van der Waals surface area contributed by atoms with Crippen molar-refractivity contribution >= 4 is 11.8 Å². The highest BCUT2D eigenvalue weighted by Gasteiger charge is 2.08. The van der Waals surface area contributed by atoms with E-state index in [-0.39, 0.29) is 5.56 Å². The van der Waals surface area contributed by atoms with Crippen molar-refractivity contribution in [2.75, 3.05) is 5.32 Å². The molecule has 0 radical (unpaired) electrons. The average Bonchev–Trinajstić information content (AvgIpc) is 2.07. The number of nitrogens with two attached hydrogens (primary N) is 1. The second kappa shape index (κ2) is 4.06. The molecule has 1 rings (SSSR count). The Kier molecular flexibility index (Phi) is 3.03. The van der Waals surface area contributed by atoms with E-state index >= 15 is 0 Å². The molecule has 0 fully saturated rings. The van der Waals surface area contributed by atoms with Crippen molar-refractivity contribution in [1.82, 2.24) is 0 Å². The molecule has 0 spiro atoms. The van der Waals surface area contributed by atoms with Gasteiger partial charge in [0.2, 0.25) is 0 Å². The van der Waals surface area contributed by atoms with Crippen molar-refractivity contribution < 1.29 is 14.3 Å². The van der Waals surface area contributed by atoms with E-state index in [4.69, 9.17) is 10.8 Å². The summed E-state index contributed by atoms with van der Waals surface area (Å²) >= 11 is 0. The van der Waals surface area contributed by atoms with E-state index in [0.717, 1.165) is 0 Å². The van der Waals surface area contributed by atoms with Crippen LogP contribution in [0.4, 0.5) is 14.9 Å². The number of benzene rings is 1. The smallest absolute Gasteiger partial charge is 0.409 e. The van der Waals surface area contributed by atoms with Crippen molar-refractivity contribution in [3.63, 3.8) is 0 Å². The number of nitrogens with one attached hydrogen (secondary N) is 1. The van der Waals surface area contributed by atoms with Gasteiger partial charge >= 0.3 is 6.09 Å². The summed E-state index contributed by atoms with van der Waals surface area (Å²) in [7, 11) is 0. The lowest BCUT2D eigenvalue weighted by Crippen LogP contribution is -2.11. The average molecular weight is 198 g/mol. The highest BCUT2D eigenvalue weighted by atomic mass is 19.1. The Hall–Kier alpha value is -1.62. The predicted octanol–water partition coefficient (Wildman–Crippen LogP) is 1.94.